The van der Waals surface area contributed by atoms with Gasteiger partial charge in [0, 0.05) is 23.4 Å². The third-order valence-corrected chi connectivity index (χ3v) is 6.60. The Morgan fingerprint density at radius 2 is 1.74 bits per heavy atom. The molecule has 0 saturated heterocycles. The van der Waals surface area contributed by atoms with Crippen LogP contribution in [0.2, 0.25) is 0 Å². The Labute approximate surface area is 147 Å². The lowest BCUT2D eigenvalue weighted by Crippen LogP contribution is -2.22. The molecule has 0 unspecified atom stereocenters. The van der Waals surface area contributed by atoms with Gasteiger partial charge < -0.3 is 0 Å². The molecule has 4 nitrogen and oxygen atoms in total. The Morgan fingerprint density at radius 1 is 1.04 bits per heavy atom. The number of halogens is 1. The number of aromatic nitrogens is 1. The molecule has 2 heterocycles. The Hall–Kier alpha value is -1.54. The molecule has 7 heteroatoms. The van der Waals surface area contributed by atoms with Crippen molar-refractivity contribution in [2.75, 3.05) is 0 Å². The number of hydrogen-bond donors (Lipinski definition) is 1. The van der Waals surface area contributed by atoms with Crippen LogP contribution in [-0.4, -0.2) is 13.4 Å². The summed E-state index contributed by atoms with van der Waals surface area (Å²) < 4.78 is 28.7. The third-order valence-electron chi connectivity index (χ3n) is 3.23. The monoisotopic (exact) mass is 408 g/mol. The maximum absolute atomic E-state index is 12.4. The molecule has 2 aromatic heterocycles. The zero-order valence-electron chi connectivity index (χ0n) is 11.9. The van der Waals surface area contributed by atoms with Gasteiger partial charge in [0.25, 0.3) is 0 Å². The molecular weight excluding hydrogens is 396 g/mol. The number of nitrogens with one attached hydrogen (secondary N) is 1. The SMILES string of the molecule is O=S(=O)(NCc1ccncc1)c1cc(-c2ccc(Br)cc2)cs1. The van der Waals surface area contributed by atoms with Gasteiger partial charge in [0.05, 0.1) is 0 Å². The Balaban J connectivity index is 1.77. The van der Waals surface area contributed by atoms with Gasteiger partial charge in [-0.15, -0.1) is 11.3 Å². The van der Waals surface area contributed by atoms with Crippen LogP contribution in [0, 0.1) is 0 Å². The highest BCUT2D eigenvalue weighted by atomic mass is 79.9. The van der Waals surface area contributed by atoms with Crippen molar-refractivity contribution < 1.29 is 8.42 Å². The van der Waals surface area contributed by atoms with Crippen LogP contribution in [0.25, 0.3) is 11.1 Å². The summed E-state index contributed by atoms with van der Waals surface area (Å²) in [5, 5.41) is 1.85. The van der Waals surface area contributed by atoms with Crippen molar-refractivity contribution in [3.63, 3.8) is 0 Å². The van der Waals surface area contributed by atoms with Gasteiger partial charge in [0.1, 0.15) is 4.21 Å². The van der Waals surface area contributed by atoms with Gasteiger partial charge in [-0.05, 0) is 52.4 Å². The number of pyridine rings is 1. The molecule has 3 aromatic rings. The molecule has 0 spiro atoms. The van der Waals surface area contributed by atoms with E-state index in [-0.39, 0.29) is 6.54 Å². The van der Waals surface area contributed by atoms with E-state index in [4.69, 9.17) is 0 Å². The first-order chi connectivity index (χ1) is 11.0. The maximum atomic E-state index is 12.4. The highest BCUT2D eigenvalue weighted by Crippen LogP contribution is 2.29. The number of benzene rings is 1. The first-order valence-electron chi connectivity index (χ1n) is 6.78. The summed E-state index contributed by atoms with van der Waals surface area (Å²) in [5.74, 6) is 0. The Morgan fingerprint density at radius 3 is 2.43 bits per heavy atom. The first-order valence-corrected chi connectivity index (χ1v) is 9.93. The van der Waals surface area contributed by atoms with Crippen molar-refractivity contribution in [2.45, 2.75) is 10.8 Å². The molecule has 0 fully saturated rings. The summed E-state index contributed by atoms with van der Waals surface area (Å²) in [4.78, 5) is 3.91. The van der Waals surface area contributed by atoms with Gasteiger partial charge in [0.2, 0.25) is 10.0 Å². The van der Waals surface area contributed by atoms with E-state index < -0.39 is 10.0 Å². The van der Waals surface area contributed by atoms with Crippen LogP contribution in [0.1, 0.15) is 5.56 Å². The predicted octanol–water partition coefficient (Wildman–Crippen LogP) is 4.05. The molecule has 0 aliphatic carbocycles. The molecule has 1 aromatic carbocycles. The standard InChI is InChI=1S/C16H13BrN2O2S2/c17-15-3-1-13(2-4-15)14-9-16(22-11-14)23(20,21)19-10-12-5-7-18-8-6-12/h1-9,11,19H,10H2. The molecule has 0 amide bonds. The largest absolute Gasteiger partial charge is 0.265 e. The third kappa shape index (κ3) is 4.06. The van der Waals surface area contributed by atoms with Crippen LogP contribution in [0.3, 0.4) is 0 Å². The number of rotatable bonds is 5. The highest BCUT2D eigenvalue weighted by molar-refractivity contribution is 9.10. The molecule has 3 rings (SSSR count). The topological polar surface area (TPSA) is 59.1 Å². The van der Waals surface area contributed by atoms with E-state index in [1.165, 1.54) is 11.3 Å². The van der Waals surface area contributed by atoms with Crippen molar-refractivity contribution in [2.24, 2.45) is 0 Å². The van der Waals surface area contributed by atoms with E-state index in [0.29, 0.717) is 4.21 Å². The quantitative estimate of drug-likeness (QED) is 0.692. The highest BCUT2D eigenvalue weighted by Gasteiger charge is 2.17. The fourth-order valence-electron chi connectivity index (χ4n) is 2.00. The van der Waals surface area contributed by atoms with Crippen LogP contribution in [0.4, 0.5) is 0 Å². The van der Waals surface area contributed by atoms with Gasteiger partial charge >= 0.3 is 0 Å². The van der Waals surface area contributed by atoms with E-state index in [9.17, 15) is 8.42 Å². The second-order valence-electron chi connectivity index (χ2n) is 4.84. The molecule has 1 N–H and O–H groups in total. The van der Waals surface area contributed by atoms with Crippen LogP contribution >= 0.6 is 27.3 Å². The summed E-state index contributed by atoms with van der Waals surface area (Å²) in [6, 6.07) is 13.0. The fraction of sp³-hybridized carbons (Fsp3) is 0.0625. The molecule has 0 aliphatic rings. The van der Waals surface area contributed by atoms with Crippen LogP contribution < -0.4 is 4.72 Å². The van der Waals surface area contributed by atoms with Crippen LogP contribution in [-0.2, 0) is 16.6 Å². The molecule has 0 aliphatic heterocycles. The molecule has 0 saturated carbocycles. The maximum Gasteiger partial charge on any atom is 0.250 e. The smallest absolute Gasteiger partial charge is 0.250 e. The lowest BCUT2D eigenvalue weighted by atomic mass is 10.1. The molecule has 0 radical (unpaired) electrons. The minimum atomic E-state index is -3.51. The van der Waals surface area contributed by atoms with Crippen molar-refractivity contribution in [1.29, 1.82) is 0 Å². The van der Waals surface area contributed by atoms with Crippen LogP contribution in [0.15, 0.2) is 68.9 Å². The van der Waals surface area contributed by atoms with Gasteiger partial charge in [-0.2, -0.15) is 0 Å². The van der Waals surface area contributed by atoms with Gasteiger partial charge in [-0.25, -0.2) is 13.1 Å². The summed E-state index contributed by atoms with van der Waals surface area (Å²) in [7, 11) is -3.51. The van der Waals surface area contributed by atoms with Gasteiger partial charge in [0.15, 0.2) is 0 Å². The van der Waals surface area contributed by atoms with Gasteiger partial charge in [-0.1, -0.05) is 28.1 Å². The fourth-order valence-corrected chi connectivity index (χ4v) is 4.52. The number of sulfonamides is 1. The van der Waals surface area contributed by atoms with E-state index in [1.807, 2.05) is 29.6 Å². The average molecular weight is 409 g/mol. The zero-order valence-corrected chi connectivity index (χ0v) is 15.2. The Bertz CT molecular complexity index is 891. The van der Waals surface area contributed by atoms with E-state index >= 15 is 0 Å². The number of thiophene rings is 1. The number of nitrogens with zero attached hydrogens (tertiary/aromatic N) is 1. The summed E-state index contributed by atoms with van der Waals surface area (Å²) in [6.45, 7) is 0.246. The van der Waals surface area contributed by atoms with Crippen LogP contribution in [0.5, 0.6) is 0 Å². The Kier molecular flexibility index (Phi) is 4.91. The summed E-state index contributed by atoms with van der Waals surface area (Å²) in [6.07, 6.45) is 3.28. The predicted molar refractivity (Wildman–Crippen MR) is 95.7 cm³/mol. The molecule has 0 bridgehead atoms. The molecule has 0 atom stereocenters. The van der Waals surface area contributed by atoms with E-state index in [0.717, 1.165) is 21.2 Å². The lowest BCUT2D eigenvalue weighted by molar-refractivity contribution is 0.583. The number of hydrogen-bond acceptors (Lipinski definition) is 4. The van der Waals surface area contributed by atoms with E-state index in [2.05, 4.69) is 25.6 Å². The van der Waals surface area contributed by atoms with Gasteiger partial charge in [-0.3, -0.25) is 4.98 Å². The molecule has 23 heavy (non-hydrogen) atoms. The average Bonchev–Trinajstić information content (AvgIpc) is 3.06. The first kappa shape index (κ1) is 16.3. The summed E-state index contributed by atoms with van der Waals surface area (Å²) >= 11 is 4.61. The van der Waals surface area contributed by atoms with Crippen molar-refractivity contribution in [3.05, 3.63) is 70.3 Å². The van der Waals surface area contributed by atoms with Crippen molar-refractivity contribution in [1.82, 2.24) is 9.71 Å². The minimum Gasteiger partial charge on any atom is -0.265 e. The summed E-state index contributed by atoms with van der Waals surface area (Å²) in [5.41, 5.74) is 2.75. The molecular formula is C16H13BrN2O2S2. The van der Waals surface area contributed by atoms with Crippen molar-refractivity contribution >= 4 is 37.3 Å². The lowest BCUT2D eigenvalue weighted by Gasteiger charge is -2.04. The molecule has 118 valence electrons. The minimum absolute atomic E-state index is 0.246. The second-order valence-corrected chi connectivity index (χ2v) is 8.66. The second kappa shape index (κ2) is 6.92. The van der Waals surface area contributed by atoms with Crippen molar-refractivity contribution in [3.8, 4) is 11.1 Å². The zero-order chi connectivity index (χ0) is 16.3. The van der Waals surface area contributed by atoms with E-state index in [1.54, 1.807) is 30.6 Å². The normalized spacial score (nSPS) is 11.5.